The maximum absolute atomic E-state index is 12.7. The number of allylic oxidation sites excluding steroid dienone is 1. The second-order valence-electron chi connectivity index (χ2n) is 8.39. The molecule has 2 fully saturated rings. The smallest absolute Gasteiger partial charge is 0.482 e. The molecule has 0 spiro atoms. The van der Waals surface area contributed by atoms with E-state index in [0.717, 1.165) is 5.56 Å². The Morgan fingerprint density at radius 3 is 2.45 bits per heavy atom. The second kappa shape index (κ2) is 10.7. The van der Waals surface area contributed by atoms with Gasteiger partial charge in [0.2, 0.25) is 5.91 Å². The predicted molar refractivity (Wildman–Crippen MR) is 108 cm³/mol. The topological polar surface area (TPSA) is 71.0 Å². The average Bonchev–Trinajstić information content (AvgIpc) is 2.71. The average molecular weight is 478 g/mol. The van der Waals surface area contributed by atoms with Crippen molar-refractivity contribution in [1.82, 2.24) is 10.4 Å². The van der Waals surface area contributed by atoms with Crippen molar-refractivity contribution in [2.45, 2.75) is 76.0 Å². The fraction of sp³-hybridized carbons (Fsp3) is 0.591. The Balaban J connectivity index is 1.46. The Labute approximate surface area is 188 Å². The largest absolute Gasteiger partial charge is 0.486 e. The van der Waals surface area contributed by atoms with E-state index in [0.29, 0.717) is 32.1 Å². The minimum absolute atomic E-state index is 0.0840. The van der Waals surface area contributed by atoms with E-state index in [2.05, 4.69) is 16.6 Å². The lowest BCUT2D eigenvalue weighted by atomic mass is 9.81. The van der Waals surface area contributed by atoms with Gasteiger partial charge >= 0.3 is 12.9 Å². The Kier molecular flexibility index (Phi) is 8.17. The molecule has 0 radical (unpaired) electrons. The van der Waals surface area contributed by atoms with E-state index in [1.807, 2.05) is 0 Å². The third-order valence-corrected chi connectivity index (χ3v) is 6.01. The highest BCUT2D eigenvalue weighted by molar-refractivity contribution is 5.80. The number of nitrogens with one attached hydrogen (secondary N) is 1. The van der Waals surface area contributed by atoms with E-state index in [-0.39, 0.29) is 48.3 Å². The van der Waals surface area contributed by atoms with Crippen LogP contribution in [0.25, 0.3) is 0 Å². The molecule has 0 aromatic heterocycles. The summed E-state index contributed by atoms with van der Waals surface area (Å²) in [5.41, 5.74) is 0.817. The molecule has 0 aliphatic heterocycles. The van der Waals surface area contributed by atoms with Crippen molar-refractivity contribution in [2.24, 2.45) is 5.92 Å². The zero-order chi connectivity index (χ0) is 24.2. The van der Waals surface area contributed by atoms with Gasteiger partial charge in [-0.05, 0) is 62.6 Å². The highest BCUT2D eigenvalue weighted by Crippen LogP contribution is 2.37. The van der Waals surface area contributed by atoms with Crippen molar-refractivity contribution in [2.75, 3.05) is 0 Å². The van der Waals surface area contributed by atoms with Crippen molar-refractivity contribution in [3.8, 4) is 11.5 Å². The lowest BCUT2D eigenvalue weighted by Crippen LogP contribution is -2.50. The van der Waals surface area contributed by atoms with Gasteiger partial charge in [0, 0.05) is 18.0 Å². The third kappa shape index (κ3) is 6.80. The van der Waals surface area contributed by atoms with E-state index >= 15 is 0 Å². The molecule has 2 saturated carbocycles. The fourth-order valence-electron chi connectivity index (χ4n) is 4.18. The molecule has 0 saturated heterocycles. The van der Waals surface area contributed by atoms with Crippen LogP contribution in [0.1, 0.15) is 44.1 Å². The van der Waals surface area contributed by atoms with Gasteiger partial charge in [-0.3, -0.25) is 4.79 Å². The van der Waals surface area contributed by atoms with Gasteiger partial charge < -0.3 is 20.0 Å². The van der Waals surface area contributed by atoms with Gasteiger partial charge in [-0.25, -0.2) is 0 Å². The molecule has 3 rings (SSSR count). The summed E-state index contributed by atoms with van der Waals surface area (Å²) in [6, 6.07) is 3.39. The quantitative estimate of drug-likeness (QED) is 0.231. The number of hydrogen-bond donors (Lipinski definition) is 2. The van der Waals surface area contributed by atoms with Crippen LogP contribution in [-0.2, 0) is 11.2 Å². The summed E-state index contributed by atoms with van der Waals surface area (Å²) >= 11 is 0. The number of hydrogen-bond acceptors (Lipinski definition) is 5. The van der Waals surface area contributed by atoms with Crippen LogP contribution in [0.15, 0.2) is 30.9 Å². The van der Waals surface area contributed by atoms with Gasteiger partial charge in [0.1, 0.15) is 6.10 Å². The molecule has 2 N–H and O–H groups in total. The molecule has 0 heterocycles. The standard InChI is InChI=1S/C22H27F5N2O4/c1-2-3-13-4-9-18(33-21(23)24)19(10-13)32-17-11-14(12-17)20(30)28-15-5-7-16(8-6-15)29(31)22(25,26)27/h2,4,9-10,14-17,21,31H,1,3,5-8,11-12H2,(H,28,30). The van der Waals surface area contributed by atoms with Crippen LogP contribution in [0.5, 0.6) is 11.5 Å². The minimum atomic E-state index is -4.80. The normalized spacial score (nSPS) is 25.5. The van der Waals surface area contributed by atoms with Gasteiger partial charge in [0.15, 0.2) is 11.5 Å². The first kappa shape index (κ1) is 25.2. The van der Waals surface area contributed by atoms with Crippen molar-refractivity contribution >= 4 is 5.91 Å². The molecule has 11 heteroatoms. The molecule has 0 atom stereocenters. The number of nitrogens with zero attached hydrogens (tertiary/aromatic N) is 1. The summed E-state index contributed by atoms with van der Waals surface area (Å²) in [6.07, 6.45) is -1.26. The summed E-state index contributed by atoms with van der Waals surface area (Å²) in [5.74, 6) is -0.443. The third-order valence-electron chi connectivity index (χ3n) is 6.01. The number of carbonyl (C=O) groups is 1. The molecule has 0 bridgehead atoms. The molecule has 2 aliphatic rings. The van der Waals surface area contributed by atoms with E-state index in [1.165, 1.54) is 6.07 Å². The number of halogens is 5. The lowest BCUT2D eigenvalue weighted by molar-refractivity contribution is -0.369. The van der Waals surface area contributed by atoms with Crippen LogP contribution < -0.4 is 14.8 Å². The zero-order valence-electron chi connectivity index (χ0n) is 17.9. The molecule has 0 unspecified atom stereocenters. The SMILES string of the molecule is C=CCc1ccc(OC(F)F)c(OC2CC(C(=O)NC3CCC(N(O)C(F)(F)F)CC3)C2)c1. The molecular formula is C22H27F5N2O4. The maximum atomic E-state index is 12.7. The highest BCUT2D eigenvalue weighted by atomic mass is 19.4. The minimum Gasteiger partial charge on any atom is -0.486 e. The lowest BCUT2D eigenvalue weighted by Gasteiger charge is -2.37. The van der Waals surface area contributed by atoms with Gasteiger partial charge in [0.05, 0.1) is 0 Å². The Morgan fingerprint density at radius 1 is 1.21 bits per heavy atom. The molecular weight excluding hydrogens is 451 g/mol. The Morgan fingerprint density at radius 2 is 1.88 bits per heavy atom. The molecule has 2 aliphatic carbocycles. The van der Waals surface area contributed by atoms with Gasteiger partial charge in [-0.1, -0.05) is 17.2 Å². The van der Waals surface area contributed by atoms with E-state index < -0.39 is 24.0 Å². The monoisotopic (exact) mass is 478 g/mol. The first-order chi connectivity index (χ1) is 15.6. The summed E-state index contributed by atoms with van der Waals surface area (Å²) < 4.78 is 73.4. The van der Waals surface area contributed by atoms with Gasteiger partial charge in [-0.2, -0.15) is 22.0 Å². The molecule has 6 nitrogen and oxygen atoms in total. The first-order valence-electron chi connectivity index (χ1n) is 10.8. The van der Waals surface area contributed by atoms with Crippen LogP contribution in [0.4, 0.5) is 22.0 Å². The second-order valence-corrected chi connectivity index (χ2v) is 8.39. The number of benzene rings is 1. The van der Waals surface area contributed by atoms with Gasteiger partial charge in [0.25, 0.3) is 0 Å². The van der Waals surface area contributed by atoms with Crippen LogP contribution in [0.2, 0.25) is 0 Å². The van der Waals surface area contributed by atoms with Gasteiger partial charge in [-0.15, -0.1) is 6.58 Å². The summed E-state index contributed by atoms with van der Waals surface area (Å²) in [7, 11) is 0. The van der Waals surface area contributed by atoms with Crippen LogP contribution in [0, 0.1) is 5.92 Å². The van der Waals surface area contributed by atoms with Crippen molar-refractivity contribution in [3.05, 3.63) is 36.4 Å². The Hall–Kier alpha value is -2.40. The summed E-state index contributed by atoms with van der Waals surface area (Å²) in [4.78, 5) is 12.5. The van der Waals surface area contributed by atoms with Crippen molar-refractivity contribution in [1.29, 1.82) is 0 Å². The molecule has 33 heavy (non-hydrogen) atoms. The number of hydroxylamine groups is 2. The summed E-state index contributed by atoms with van der Waals surface area (Å²) in [5, 5.41) is 11.5. The molecule has 184 valence electrons. The van der Waals surface area contributed by atoms with E-state index in [4.69, 9.17) is 4.74 Å². The van der Waals surface area contributed by atoms with Crippen LogP contribution in [-0.4, -0.2) is 47.3 Å². The number of rotatable bonds is 9. The molecule has 1 aromatic rings. The first-order valence-corrected chi connectivity index (χ1v) is 10.8. The maximum Gasteiger partial charge on any atom is 0.482 e. The van der Waals surface area contributed by atoms with Crippen molar-refractivity contribution < 1.29 is 41.4 Å². The fourth-order valence-corrected chi connectivity index (χ4v) is 4.18. The van der Waals surface area contributed by atoms with Crippen LogP contribution in [0.3, 0.4) is 0 Å². The summed E-state index contributed by atoms with van der Waals surface area (Å²) in [6.45, 7) is 0.646. The molecule has 1 aromatic carbocycles. The number of alkyl halides is 5. The zero-order valence-corrected chi connectivity index (χ0v) is 17.9. The Bertz CT molecular complexity index is 821. The van der Waals surface area contributed by atoms with E-state index in [9.17, 15) is 32.0 Å². The molecule has 1 amide bonds. The van der Waals surface area contributed by atoms with Crippen molar-refractivity contribution in [3.63, 3.8) is 0 Å². The number of ether oxygens (including phenoxy) is 2. The van der Waals surface area contributed by atoms with E-state index in [1.54, 1.807) is 18.2 Å². The van der Waals surface area contributed by atoms with Crippen LogP contribution >= 0.6 is 0 Å². The highest BCUT2D eigenvalue weighted by Gasteiger charge is 2.43. The number of amides is 1. The predicted octanol–water partition coefficient (Wildman–Crippen LogP) is 4.81. The number of carbonyl (C=O) groups excluding carboxylic acids is 1.